The van der Waals surface area contributed by atoms with Gasteiger partial charge in [-0.3, -0.25) is 4.79 Å². The number of phenols is 1. The predicted octanol–water partition coefficient (Wildman–Crippen LogP) is 3.82. The smallest absolute Gasteiger partial charge is 0.251 e. The molecule has 3 aromatic rings. The summed E-state index contributed by atoms with van der Waals surface area (Å²) in [5.74, 6) is -0.414. The number of hydrogen-bond donors (Lipinski definition) is 2. The molecule has 0 unspecified atom stereocenters. The summed E-state index contributed by atoms with van der Waals surface area (Å²) in [4.78, 5) is 12.5. The van der Waals surface area contributed by atoms with Gasteiger partial charge in [-0.2, -0.15) is 5.10 Å². The van der Waals surface area contributed by atoms with Crippen molar-refractivity contribution < 1.29 is 14.3 Å². The summed E-state index contributed by atoms with van der Waals surface area (Å²) >= 11 is 0. The second-order valence-electron chi connectivity index (χ2n) is 6.27. The van der Waals surface area contributed by atoms with Gasteiger partial charge in [0.05, 0.1) is 17.9 Å². The van der Waals surface area contributed by atoms with E-state index < -0.39 is 0 Å². The van der Waals surface area contributed by atoms with Gasteiger partial charge >= 0.3 is 0 Å². The number of nitrogens with zero attached hydrogens (tertiary/aromatic N) is 2. The molecule has 1 amide bonds. The van der Waals surface area contributed by atoms with Gasteiger partial charge in [0.15, 0.2) is 0 Å². The third kappa shape index (κ3) is 3.44. The number of nitrogens with one attached hydrogen (secondary N) is 1. The van der Waals surface area contributed by atoms with Crippen molar-refractivity contribution in [1.82, 2.24) is 15.1 Å². The van der Waals surface area contributed by atoms with Crippen LogP contribution in [-0.2, 0) is 0 Å². The summed E-state index contributed by atoms with van der Waals surface area (Å²) in [5.41, 5.74) is 3.41. The monoisotopic (exact) mass is 353 g/mol. The fraction of sp³-hybridized carbons (Fsp3) is 0.200. The molecule has 1 heterocycles. The van der Waals surface area contributed by atoms with Gasteiger partial charge in [0, 0.05) is 16.8 Å². The van der Waals surface area contributed by atoms with Crippen LogP contribution >= 0.6 is 0 Å². The van der Waals surface area contributed by atoms with Crippen LogP contribution in [0.2, 0.25) is 0 Å². The molecular formula is C20H20FN3O2. The van der Waals surface area contributed by atoms with E-state index in [4.69, 9.17) is 0 Å². The first-order valence-electron chi connectivity index (χ1n) is 8.27. The molecule has 1 atom stereocenters. The molecule has 0 aliphatic heterocycles. The van der Waals surface area contributed by atoms with E-state index in [2.05, 4.69) is 10.4 Å². The van der Waals surface area contributed by atoms with Crippen LogP contribution in [0.5, 0.6) is 5.75 Å². The maximum absolute atomic E-state index is 13.5. The normalized spacial score (nSPS) is 12.0. The molecule has 0 spiro atoms. The highest BCUT2D eigenvalue weighted by Crippen LogP contribution is 2.22. The lowest BCUT2D eigenvalue weighted by Crippen LogP contribution is -2.27. The molecule has 6 heteroatoms. The summed E-state index contributed by atoms with van der Waals surface area (Å²) in [6.07, 6.45) is 1.67. The molecular weight excluding hydrogens is 333 g/mol. The average Bonchev–Trinajstić information content (AvgIpc) is 2.99. The van der Waals surface area contributed by atoms with Crippen LogP contribution in [0, 0.1) is 19.7 Å². The van der Waals surface area contributed by atoms with Crippen molar-refractivity contribution in [3.63, 3.8) is 0 Å². The van der Waals surface area contributed by atoms with Gasteiger partial charge in [0.1, 0.15) is 11.6 Å². The third-order valence-electron chi connectivity index (χ3n) is 4.37. The summed E-state index contributed by atoms with van der Waals surface area (Å²) in [7, 11) is 0. The number of aromatic hydroxyl groups is 1. The molecule has 3 rings (SSSR count). The van der Waals surface area contributed by atoms with E-state index in [1.165, 1.54) is 18.2 Å². The van der Waals surface area contributed by atoms with Crippen LogP contribution in [0.25, 0.3) is 5.69 Å². The summed E-state index contributed by atoms with van der Waals surface area (Å²) in [6, 6.07) is 10.6. The minimum absolute atomic E-state index is 0.154. The molecule has 0 bridgehead atoms. The Labute approximate surface area is 151 Å². The van der Waals surface area contributed by atoms with E-state index in [1.54, 1.807) is 42.1 Å². The van der Waals surface area contributed by atoms with Crippen molar-refractivity contribution in [1.29, 1.82) is 0 Å². The second kappa shape index (κ2) is 7.00. The summed E-state index contributed by atoms with van der Waals surface area (Å²) in [5, 5.41) is 16.8. The van der Waals surface area contributed by atoms with Crippen LogP contribution in [0.1, 0.15) is 40.1 Å². The molecule has 5 nitrogen and oxygen atoms in total. The molecule has 134 valence electrons. The molecule has 1 aromatic heterocycles. The Kier molecular flexibility index (Phi) is 4.75. The fourth-order valence-corrected chi connectivity index (χ4v) is 2.87. The minimum atomic E-state index is -0.331. The number of carbonyl (C=O) groups is 1. The van der Waals surface area contributed by atoms with Gasteiger partial charge < -0.3 is 10.4 Å². The number of aryl methyl sites for hydroxylation is 1. The van der Waals surface area contributed by atoms with E-state index >= 15 is 0 Å². The number of carbonyl (C=O) groups excluding carboxylic acids is 1. The Morgan fingerprint density at radius 2 is 2.00 bits per heavy atom. The van der Waals surface area contributed by atoms with Crippen LogP contribution in [0.3, 0.4) is 0 Å². The van der Waals surface area contributed by atoms with Gasteiger partial charge in [-0.25, -0.2) is 9.07 Å². The lowest BCUT2D eigenvalue weighted by atomic mass is 10.1. The quantitative estimate of drug-likeness (QED) is 0.749. The average molecular weight is 353 g/mol. The number of phenolic OH excluding ortho intramolecular Hbond substituents is 1. The van der Waals surface area contributed by atoms with Crippen LogP contribution in [0.4, 0.5) is 4.39 Å². The topological polar surface area (TPSA) is 67.2 Å². The maximum atomic E-state index is 13.5. The van der Waals surface area contributed by atoms with Crippen molar-refractivity contribution in [2.75, 3.05) is 0 Å². The van der Waals surface area contributed by atoms with Gasteiger partial charge in [-0.05, 0) is 62.7 Å². The highest BCUT2D eigenvalue weighted by Gasteiger charge is 2.17. The highest BCUT2D eigenvalue weighted by atomic mass is 19.1. The lowest BCUT2D eigenvalue weighted by molar-refractivity contribution is 0.0939. The number of aromatic nitrogens is 2. The first kappa shape index (κ1) is 17.7. The Morgan fingerprint density at radius 1 is 1.23 bits per heavy atom. The first-order chi connectivity index (χ1) is 12.4. The first-order valence-corrected chi connectivity index (χ1v) is 8.27. The molecule has 0 fully saturated rings. The fourth-order valence-electron chi connectivity index (χ4n) is 2.87. The predicted molar refractivity (Wildman–Crippen MR) is 97.0 cm³/mol. The van der Waals surface area contributed by atoms with Gasteiger partial charge in [0.2, 0.25) is 0 Å². The van der Waals surface area contributed by atoms with Crippen molar-refractivity contribution in [3.8, 4) is 11.4 Å². The Morgan fingerprint density at radius 3 is 2.69 bits per heavy atom. The lowest BCUT2D eigenvalue weighted by Gasteiger charge is -2.15. The maximum Gasteiger partial charge on any atom is 0.251 e. The number of benzene rings is 2. The molecule has 26 heavy (non-hydrogen) atoms. The van der Waals surface area contributed by atoms with Crippen LogP contribution in [0.15, 0.2) is 48.7 Å². The number of halogens is 1. The second-order valence-corrected chi connectivity index (χ2v) is 6.27. The van der Waals surface area contributed by atoms with Gasteiger partial charge in [-0.1, -0.05) is 6.07 Å². The van der Waals surface area contributed by atoms with Crippen molar-refractivity contribution in [2.24, 2.45) is 0 Å². The Bertz CT molecular complexity index is 965. The Balaban J connectivity index is 1.81. The minimum Gasteiger partial charge on any atom is -0.508 e. The molecule has 0 saturated heterocycles. The molecule has 0 saturated carbocycles. The van der Waals surface area contributed by atoms with Gasteiger partial charge in [-0.15, -0.1) is 0 Å². The van der Waals surface area contributed by atoms with Crippen molar-refractivity contribution >= 4 is 5.91 Å². The van der Waals surface area contributed by atoms with E-state index in [0.717, 1.165) is 11.3 Å². The largest absolute Gasteiger partial charge is 0.508 e. The van der Waals surface area contributed by atoms with E-state index in [1.807, 2.05) is 13.8 Å². The standard InChI is InChI=1S/C20H20FN3O2/c1-12-9-15(7-8-19(12)25)20(26)23-13(2)18-11-22-24(14(18)3)17-6-4-5-16(21)10-17/h4-11,13,25H,1-3H3,(H,23,26)/t13-/m1/s1. The number of hydrogen-bond acceptors (Lipinski definition) is 3. The summed E-state index contributed by atoms with van der Waals surface area (Å²) < 4.78 is 15.1. The summed E-state index contributed by atoms with van der Waals surface area (Å²) in [6.45, 7) is 5.48. The van der Waals surface area contributed by atoms with E-state index in [0.29, 0.717) is 16.8 Å². The van der Waals surface area contributed by atoms with Crippen molar-refractivity contribution in [2.45, 2.75) is 26.8 Å². The third-order valence-corrected chi connectivity index (χ3v) is 4.37. The zero-order valence-electron chi connectivity index (χ0n) is 14.8. The van der Waals surface area contributed by atoms with E-state index in [-0.39, 0.29) is 23.5 Å². The molecule has 2 N–H and O–H groups in total. The molecule has 2 aromatic carbocycles. The van der Waals surface area contributed by atoms with Crippen molar-refractivity contribution in [3.05, 3.63) is 76.9 Å². The number of amides is 1. The van der Waals surface area contributed by atoms with Crippen LogP contribution in [-0.4, -0.2) is 20.8 Å². The zero-order valence-corrected chi connectivity index (χ0v) is 14.8. The Hall–Kier alpha value is -3.15. The number of rotatable bonds is 4. The zero-order chi connectivity index (χ0) is 18.8. The molecule has 0 radical (unpaired) electrons. The molecule has 0 aliphatic rings. The molecule has 0 aliphatic carbocycles. The van der Waals surface area contributed by atoms with E-state index in [9.17, 15) is 14.3 Å². The van der Waals surface area contributed by atoms with Gasteiger partial charge in [0.25, 0.3) is 5.91 Å². The SMILES string of the molecule is Cc1cc(C(=O)N[C@H](C)c2cnn(-c3cccc(F)c3)c2C)ccc1O. The highest BCUT2D eigenvalue weighted by molar-refractivity contribution is 5.94. The van der Waals surface area contributed by atoms with Crippen LogP contribution < -0.4 is 5.32 Å².